The summed E-state index contributed by atoms with van der Waals surface area (Å²) in [4.78, 5) is 2.62. The lowest BCUT2D eigenvalue weighted by Gasteiger charge is -2.61. The maximum absolute atomic E-state index is 11.4. The van der Waals surface area contributed by atoms with Crippen molar-refractivity contribution >= 4 is 0 Å². The summed E-state index contributed by atoms with van der Waals surface area (Å²) < 4.78 is 0. The summed E-state index contributed by atoms with van der Waals surface area (Å²) in [5.41, 5.74) is 0.553. The Balaban J connectivity index is 1.42. The molecule has 10 atom stereocenters. The number of aliphatic hydroxyl groups is 2. The second-order valence-corrected chi connectivity index (χ2v) is 11.7. The summed E-state index contributed by atoms with van der Waals surface area (Å²) in [5, 5.41) is 21.9. The van der Waals surface area contributed by atoms with Crippen LogP contribution in [0.5, 0.6) is 0 Å². The molecule has 0 radical (unpaired) electrons. The van der Waals surface area contributed by atoms with E-state index in [2.05, 4.69) is 25.7 Å². The second kappa shape index (κ2) is 6.44. The lowest BCUT2D eigenvalue weighted by atomic mass is 9.44. The number of aliphatic hydroxyl groups excluding tert-OH is 2. The monoisotopic (exact) mass is 375 g/mol. The molecule has 3 unspecified atom stereocenters. The lowest BCUT2D eigenvalue weighted by Crippen LogP contribution is -2.55. The Morgan fingerprint density at radius 1 is 0.889 bits per heavy atom. The largest absolute Gasteiger partial charge is 0.393 e. The van der Waals surface area contributed by atoms with Gasteiger partial charge >= 0.3 is 0 Å². The van der Waals surface area contributed by atoms with Crippen molar-refractivity contribution in [3.8, 4) is 0 Å². The molecule has 27 heavy (non-hydrogen) atoms. The fourth-order valence-electron chi connectivity index (χ4n) is 9.00. The van der Waals surface area contributed by atoms with Gasteiger partial charge in [0.1, 0.15) is 0 Å². The van der Waals surface area contributed by atoms with Gasteiger partial charge < -0.3 is 10.2 Å². The highest BCUT2D eigenvalue weighted by Gasteiger charge is 2.63. The summed E-state index contributed by atoms with van der Waals surface area (Å²) in [5.74, 6) is 3.49. The third-order valence-corrected chi connectivity index (χ3v) is 10.6. The number of hydrogen-bond acceptors (Lipinski definition) is 3. The van der Waals surface area contributed by atoms with E-state index in [1.807, 2.05) is 0 Å². The zero-order chi connectivity index (χ0) is 19.0. The summed E-state index contributed by atoms with van der Waals surface area (Å²) in [6.45, 7) is 9.67. The highest BCUT2D eigenvalue weighted by atomic mass is 16.3. The van der Waals surface area contributed by atoms with Gasteiger partial charge in [-0.3, -0.25) is 4.90 Å². The van der Waals surface area contributed by atoms with Crippen LogP contribution in [0.4, 0.5) is 0 Å². The van der Waals surface area contributed by atoms with E-state index in [0.29, 0.717) is 23.3 Å². The molecule has 3 heteroatoms. The van der Waals surface area contributed by atoms with Crippen LogP contribution in [-0.2, 0) is 0 Å². The predicted octanol–water partition coefficient (Wildman–Crippen LogP) is 4.07. The van der Waals surface area contributed by atoms with Gasteiger partial charge in [-0.1, -0.05) is 20.8 Å². The molecule has 0 aromatic carbocycles. The molecule has 1 aliphatic heterocycles. The summed E-state index contributed by atoms with van der Waals surface area (Å²) in [7, 11) is 0. The van der Waals surface area contributed by atoms with Gasteiger partial charge in [0.15, 0.2) is 0 Å². The van der Waals surface area contributed by atoms with Crippen LogP contribution < -0.4 is 0 Å². The molecule has 5 aliphatic rings. The molecule has 4 aliphatic carbocycles. The number of rotatable bonds is 1. The predicted molar refractivity (Wildman–Crippen MR) is 108 cm³/mol. The molecule has 0 aromatic heterocycles. The van der Waals surface area contributed by atoms with Crippen molar-refractivity contribution in [1.29, 1.82) is 0 Å². The van der Waals surface area contributed by atoms with Crippen molar-refractivity contribution in [3.63, 3.8) is 0 Å². The third kappa shape index (κ3) is 2.63. The Kier molecular flexibility index (Phi) is 4.50. The van der Waals surface area contributed by atoms with Gasteiger partial charge in [-0.05, 0) is 111 Å². The molecule has 0 amide bonds. The van der Waals surface area contributed by atoms with E-state index in [4.69, 9.17) is 0 Å². The van der Waals surface area contributed by atoms with Crippen molar-refractivity contribution < 1.29 is 10.2 Å². The van der Waals surface area contributed by atoms with Crippen molar-refractivity contribution in [2.45, 2.75) is 96.8 Å². The van der Waals surface area contributed by atoms with E-state index < -0.39 is 0 Å². The Hall–Kier alpha value is -0.120. The highest BCUT2D eigenvalue weighted by Crippen LogP contribution is 2.67. The fraction of sp³-hybridized carbons (Fsp3) is 1.00. The van der Waals surface area contributed by atoms with Gasteiger partial charge in [-0.15, -0.1) is 0 Å². The molecule has 4 saturated carbocycles. The van der Waals surface area contributed by atoms with E-state index in [0.717, 1.165) is 24.2 Å². The molecule has 0 bridgehead atoms. The number of likely N-dealkylation sites (tertiary alicyclic amines) is 1. The summed E-state index contributed by atoms with van der Waals surface area (Å²) in [6, 6.07) is 0.416. The van der Waals surface area contributed by atoms with Crippen LogP contribution in [-0.4, -0.2) is 46.5 Å². The van der Waals surface area contributed by atoms with Crippen LogP contribution in [0, 0.1) is 40.4 Å². The summed E-state index contributed by atoms with van der Waals surface area (Å²) >= 11 is 0. The van der Waals surface area contributed by atoms with Gasteiger partial charge in [0.25, 0.3) is 0 Å². The molecule has 154 valence electrons. The lowest BCUT2D eigenvalue weighted by molar-refractivity contribution is -0.146. The first-order valence-electron chi connectivity index (χ1n) is 11.9. The molecule has 0 spiro atoms. The first kappa shape index (κ1) is 18.9. The number of nitrogens with zero attached hydrogens (tertiary/aromatic N) is 1. The summed E-state index contributed by atoms with van der Waals surface area (Å²) in [6.07, 6.45) is 11.1. The normalized spacial score (nSPS) is 58.6. The highest BCUT2D eigenvalue weighted by molar-refractivity contribution is 5.13. The molecule has 5 fully saturated rings. The Labute approximate surface area is 165 Å². The Morgan fingerprint density at radius 3 is 2.37 bits per heavy atom. The second-order valence-electron chi connectivity index (χ2n) is 11.7. The SMILES string of the molecule is C[C@H]1C[C@]2(C)C3CC[C@@]4(C)C(C[C@H](N5CCCC5)[C@@H]4O)C3CC[C@H]2C[C@@H]1O. The van der Waals surface area contributed by atoms with Gasteiger partial charge in [-0.2, -0.15) is 0 Å². The molecule has 0 aromatic rings. The quantitative estimate of drug-likeness (QED) is 0.726. The van der Waals surface area contributed by atoms with Crippen LogP contribution in [0.2, 0.25) is 0 Å². The average molecular weight is 376 g/mol. The van der Waals surface area contributed by atoms with Gasteiger partial charge in [0.2, 0.25) is 0 Å². The van der Waals surface area contributed by atoms with E-state index >= 15 is 0 Å². The first-order valence-corrected chi connectivity index (χ1v) is 11.9. The zero-order valence-corrected chi connectivity index (χ0v) is 17.7. The van der Waals surface area contributed by atoms with Gasteiger partial charge in [-0.25, -0.2) is 0 Å². The number of fused-ring (bicyclic) bond motifs is 5. The average Bonchev–Trinajstić information content (AvgIpc) is 3.24. The van der Waals surface area contributed by atoms with E-state index in [1.54, 1.807) is 0 Å². The molecular formula is C24H41NO2. The van der Waals surface area contributed by atoms with Crippen LogP contribution in [0.3, 0.4) is 0 Å². The molecule has 5 rings (SSSR count). The van der Waals surface area contributed by atoms with E-state index in [-0.39, 0.29) is 17.6 Å². The van der Waals surface area contributed by atoms with Crippen molar-refractivity contribution in [1.82, 2.24) is 4.90 Å². The van der Waals surface area contributed by atoms with Crippen LogP contribution in [0.25, 0.3) is 0 Å². The standard InChI is InChI=1S/C24H41NO2/c1-15-14-24(3)16(12-21(15)26)6-7-17-18(24)8-9-23(2)19(17)13-20(22(23)27)25-10-4-5-11-25/h15-22,26-27H,4-14H2,1-3H3/t15-,16-,17?,18?,19?,20-,21-,22-,23-,24-/m0/s1. The van der Waals surface area contributed by atoms with Gasteiger partial charge in [0, 0.05) is 6.04 Å². The van der Waals surface area contributed by atoms with Crippen LogP contribution >= 0.6 is 0 Å². The maximum Gasteiger partial charge on any atom is 0.0751 e. The first-order chi connectivity index (χ1) is 12.8. The van der Waals surface area contributed by atoms with Crippen LogP contribution in [0.15, 0.2) is 0 Å². The van der Waals surface area contributed by atoms with E-state index in [9.17, 15) is 10.2 Å². The van der Waals surface area contributed by atoms with Gasteiger partial charge in [0.05, 0.1) is 12.2 Å². The topological polar surface area (TPSA) is 43.7 Å². The smallest absolute Gasteiger partial charge is 0.0751 e. The molecule has 3 nitrogen and oxygen atoms in total. The van der Waals surface area contributed by atoms with E-state index in [1.165, 1.54) is 64.5 Å². The molecule has 1 heterocycles. The third-order valence-electron chi connectivity index (χ3n) is 10.6. The molecule has 2 N–H and O–H groups in total. The fourth-order valence-corrected chi connectivity index (χ4v) is 9.00. The zero-order valence-electron chi connectivity index (χ0n) is 17.7. The van der Waals surface area contributed by atoms with Crippen LogP contribution in [0.1, 0.15) is 78.6 Å². The maximum atomic E-state index is 11.4. The minimum Gasteiger partial charge on any atom is -0.393 e. The molecule has 1 saturated heterocycles. The minimum absolute atomic E-state index is 0.0821. The Morgan fingerprint density at radius 2 is 1.63 bits per heavy atom. The van der Waals surface area contributed by atoms with Crippen molar-refractivity contribution in [2.24, 2.45) is 40.4 Å². The molecular weight excluding hydrogens is 334 g/mol. The van der Waals surface area contributed by atoms with Crippen molar-refractivity contribution in [2.75, 3.05) is 13.1 Å². The Bertz CT molecular complexity index is 575. The van der Waals surface area contributed by atoms with Crippen molar-refractivity contribution in [3.05, 3.63) is 0 Å². The minimum atomic E-state index is -0.126. The number of hydrogen-bond donors (Lipinski definition) is 2.